The van der Waals surface area contributed by atoms with Crippen LogP contribution in [0.25, 0.3) is 0 Å². The highest BCUT2D eigenvalue weighted by Gasteiger charge is 2.29. The van der Waals surface area contributed by atoms with E-state index in [2.05, 4.69) is 12.2 Å². The van der Waals surface area contributed by atoms with Crippen molar-refractivity contribution in [3.05, 3.63) is 16.0 Å². The molecule has 0 aromatic carbocycles. The van der Waals surface area contributed by atoms with Crippen molar-refractivity contribution in [2.75, 3.05) is 5.32 Å². The van der Waals surface area contributed by atoms with Crippen LogP contribution in [0.15, 0.2) is 0 Å². The molecule has 1 amide bonds. The summed E-state index contributed by atoms with van der Waals surface area (Å²) in [7, 11) is 0. The highest BCUT2D eigenvalue weighted by molar-refractivity contribution is 7.17. The van der Waals surface area contributed by atoms with Gasteiger partial charge in [-0.25, -0.2) is 4.79 Å². The molecule has 0 saturated heterocycles. The van der Waals surface area contributed by atoms with Crippen LogP contribution in [0.2, 0.25) is 0 Å². The summed E-state index contributed by atoms with van der Waals surface area (Å²) in [6, 6.07) is 1.81. The van der Waals surface area contributed by atoms with Gasteiger partial charge in [-0.2, -0.15) is 5.26 Å². The monoisotopic (exact) mass is 320 g/mol. The molecule has 1 unspecified atom stereocenters. The molecule has 1 aliphatic carbocycles. The van der Waals surface area contributed by atoms with Gasteiger partial charge in [0.2, 0.25) is 5.91 Å². The Balaban J connectivity index is 2.36. The van der Waals surface area contributed by atoms with Crippen molar-refractivity contribution in [2.24, 2.45) is 5.92 Å². The molecule has 2 rings (SSSR count). The second-order valence-electron chi connectivity index (χ2n) is 5.89. The maximum absolute atomic E-state index is 12.4. The molecule has 0 radical (unpaired) electrons. The summed E-state index contributed by atoms with van der Waals surface area (Å²) in [6.07, 6.45) is 2.32. The molecule has 0 aliphatic heterocycles. The van der Waals surface area contributed by atoms with E-state index in [4.69, 9.17) is 10.00 Å². The van der Waals surface area contributed by atoms with Crippen LogP contribution < -0.4 is 5.32 Å². The molecule has 1 atom stereocenters. The number of anilines is 1. The van der Waals surface area contributed by atoms with Crippen molar-refractivity contribution in [1.82, 2.24) is 0 Å². The zero-order chi connectivity index (χ0) is 16.3. The highest BCUT2D eigenvalue weighted by atomic mass is 32.1. The largest absolute Gasteiger partial charge is 0.459 e. The number of fused-ring (bicyclic) bond motifs is 1. The quantitative estimate of drug-likeness (QED) is 0.863. The number of esters is 1. The van der Waals surface area contributed by atoms with Crippen molar-refractivity contribution in [1.29, 1.82) is 5.26 Å². The van der Waals surface area contributed by atoms with E-state index in [9.17, 15) is 9.59 Å². The van der Waals surface area contributed by atoms with Gasteiger partial charge in [0.05, 0.1) is 17.7 Å². The molecular formula is C16H20N2O3S. The molecule has 1 aromatic heterocycles. The van der Waals surface area contributed by atoms with Gasteiger partial charge in [0, 0.05) is 4.88 Å². The lowest BCUT2D eigenvalue weighted by atomic mass is 9.88. The lowest BCUT2D eigenvalue weighted by Crippen LogP contribution is -2.18. The number of rotatable bonds is 4. The minimum atomic E-state index is -0.396. The summed E-state index contributed by atoms with van der Waals surface area (Å²) in [5.41, 5.74) is 1.48. The molecule has 1 N–H and O–H groups in total. The number of nitriles is 1. The molecular weight excluding hydrogens is 300 g/mol. The van der Waals surface area contributed by atoms with Crippen molar-refractivity contribution in [2.45, 2.75) is 52.6 Å². The SMILES string of the molecule is CC1CCc2c(sc(NC(=O)CC#N)c2C(=O)OC(C)C)C1. The van der Waals surface area contributed by atoms with Gasteiger partial charge in [0.25, 0.3) is 0 Å². The van der Waals surface area contributed by atoms with Crippen LogP contribution in [0.4, 0.5) is 5.00 Å². The van der Waals surface area contributed by atoms with Crippen LogP contribution in [0.5, 0.6) is 0 Å². The van der Waals surface area contributed by atoms with Crippen LogP contribution in [-0.2, 0) is 22.4 Å². The molecule has 6 heteroatoms. The fourth-order valence-corrected chi connectivity index (χ4v) is 3.99. The normalized spacial score (nSPS) is 16.8. The van der Waals surface area contributed by atoms with E-state index in [1.54, 1.807) is 13.8 Å². The third-order valence-corrected chi connectivity index (χ3v) is 4.72. The van der Waals surface area contributed by atoms with Gasteiger partial charge in [0.1, 0.15) is 11.4 Å². The first-order valence-corrected chi connectivity index (χ1v) is 8.26. The first kappa shape index (κ1) is 16.5. The van der Waals surface area contributed by atoms with Crippen molar-refractivity contribution < 1.29 is 14.3 Å². The molecule has 1 heterocycles. The number of thiophene rings is 1. The molecule has 0 bridgehead atoms. The molecule has 5 nitrogen and oxygen atoms in total. The predicted molar refractivity (Wildman–Crippen MR) is 84.9 cm³/mol. The fourth-order valence-electron chi connectivity index (χ4n) is 2.57. The molecule has 118 valence electrons. The van der Waals surface area contributed by atoms with Crippen LogP contribution in [0.3, 0.4) is 0 Å². The Morgan fingerprint density at radius 2 is 2.23 bits per heavy atom. The van der Waals surface area contributed by atoms with Gasteiger partial charge >= 0.3 is 5.97 Å². The topological polar surface area (TPSA) is 79.2 Å². The summed E-state index contributed by atoms with van der Waals surface area (Å²) in [6.45, 7) is 5.78. The number of carbonyl (C=O) groups excluding carboxylic acids is 2. The second-order valence-corrected chi connectivity index (χ2v) is 7.00. The van der Waals surface area contributed by atoms with Gasteiger partial charge in [-0.05, 0) is 44.6 Å². The fraction of sp³-hybridized carbons (Fsp3) is 0.562. The maximum atomic E-state index is 12.4. The number of amides is 1. The Bertz CT molecular complexity index is 628. The lowest BCUT2D eigenvalue weighted by molar-refractivity contribution is -0.115. The van der Waals surface area contributed by atoms with E-state index in [1.165, 1.54) is 11.3 Å². The molecule has 0 saturated carbocycles. The number of carbonyl (C=O) groups is 2. The van der Waals surface area contributed by atoms with Crippen LogP contribution in [0.1, 0.15) is 54.4 Å². The van der Waals surface area contributed by atoms with Gasteiger partial charge in [-0.15, -0.1) is 11.3 Å². The Kier molecular flexibility index (Phi) is 5.19. The molecule has 22 heavy (non-hydrogen) atoms. The van der Waals surface area contributed by atoms with Crippen molar-refractivity contribution >= 4 is 28.2 Å². The first-order chi connectivity index (χ1) is 10.4. The summed E-state index contributed by atoms with van der Waals surface area (Å²) in [4.78, 5) is 25.2. The molecule has 0 fully saturated rings. The number of nitrogens with one attached hydrogen (secondary N) is 1. The van der Waals surface area contributed by atoms with E-state index in [0.29, 0.717) is 16.5 Å². The third-order valence-electron chi connectivity index (χ3n) is 3.55. The Hall–Kier alpha value is -1.87. The number of ether oxygens (including phenoxy) is 1. The van der Waals surface area contributed by atoms with E-state index >= 15 is 0 Å². The Morgan fingerprint density at radius 3 is 2.86 bits per heavy atom. The summed E-state index contributed by atoms with van der Waals surface area (Å²) < 4.78 is 5.32. The van der Waals surface area contributed by atoms with Gasteiger partial charge in [-0.3, -0.25) is 4.79 Å². The lowest BCUT2D eigenvalue weighted by Gasteiger charge is -2.18. The Morgan fingerprint density at radius 1 is 1.50 bits per heavy atom. The van der Waals surface area contributed by atoms with Crippen LogP contribution in [-0.4, -0.2) is 18.0 Å². The van der Waals surface area contributed by atoms with Crippen LogP contribution >= 0.6 is 11.3 Å². The van der Waals surface area contributed by atoms with Gasteiger partial charge in [-0.1, -0.05) is 6.92 Å². The summed E-state index contributed by atoms with van der Waals surface area (Å²) in [5, 5.41) is 11.8. The van der Waals surface area contributed by atoms with Gasteiger partial charge in [0.15, 0.2) is 0 Å². The summed E-state index contributed by atoms with van der Waals surface area (Å²) >= 11 is 1.43. The van der Waals surface area contributed by atoms with E-state index in [0.717, 1.165) is 29.7 Å². The molecule has 1 aromatic rings. The average Bonchev–Trinajstić information content (AvgIpc) is 2.74. The van der Waals surface area contributed by atoms with E-state index in [1.807, 2.05) is 6.07 Å². The first-order valence-electron chi connectivity index (χ1n) is 7.44. The standard InChI is InChI=1S/C16H20N2O3S/c1-9(2)21-16(20)14-11-5-4-10(3)8-12(11)22-15(14)18-13(19)6-7-17/h9-10H,4-6,8H2,1-3H3,(H,18,19). The molecule has 0 spiro atoms. The molecule has 1 aliphatic rings. The number of hydrogen-bond acceptors (Lipinski definition) is 5. The van der Waals surface area contributed by atoms with Crippen LogP contribution in [0, 0.1) is 17.2 Å². The second kappa shape index (κ2) is 6.93. The minimum Gasteiger partial charge on any atom is -0.459 e. The highest BCUT2D eigenvalue weighted by Crippen LogP contribution is 2.40. The zero-order valence-electron chi connectivity index (χ0n) is 13.1. The smallest absolute Gasteiger partial charge is 0.341 e. The van der Waals surface area contributed by atoms with E-state index in [-0.39, 0.29) is 12.5 Å². The average molecular weight is 320 g/mol. The minimum absolute atomic E-state index is 0.215. The van der Waals surface area contributed by atoms with E-state index < -0.39 is 11.9 Å². The zero-order valence-corrected chi connectivity index (χ0v) is 13.9. The number of nitrogens with zero attached hydrogens (tertiary/aromatic N) is 1. The maximum Gasteiger partial charge on any atom is 0.341 e. The third kappa shape index (κ3) is 3.66. The van der Waals surface area contributed by atoms with Gasteiger partial charge < -0.3 is 10.1 Å². The predicted octanol–water partition coefficient (Wildman–Crippen LogP) is 3.29. The van der Waals surface area contributed by atoms with Crippen molar-refractivity contribution in [3.8, 4) is 6.07 Å². The summed E-state index contributed by atoms with van der Waals surface area (Å²) in [5.74, 6) is -0.218. The van der Waals surface area contributed by atoms with Crippen molar-refractivity contribution in [3.63, 3.8) is 0 Å². The Labute approximate surface area is 134 Å². The number of hydrogen-bond donors (Lipinski definition) is 1.